The molecule has 26 heavy (non-hydrogen) atoms. The molecule has 0 spiro atoms. The topological polar surface area (TPSA) is 75.2 Å². The van der Waals surface area contributed by atoms with E-state index in [0.29, 0.717) is 18.3 Å². The van der Waals surface area contributed by atoms with Crippen LogP contribution in [-0.4, -0.2) is 59.5 Å². The van der Waals surface area contributed by atoms with E-state index in [-0.39, 0.29) is 5.69 Å². The van der Waals surface area contributed by atoms with Gasteiger partial charge in [0.1, 0.15) is 0 Å². The smallest absolute Gasteiger partial charge is 0.379 e. The maximum absolute atomic E-state index is 12.8. The summed E-state index contributed by atoms with van der Waals surface area (Å²) in [4.78, 5) is 6.48. The number of nitrogens with zero attached hydrogens (tertiary/aromatic N) is 4. The number of hydrogen-bond donors (Lipinski definition) is 2. The number of nitrogens with one attached hydrogen (secondary N) is 2. The molecule has 0 unspecified atom stereocenters. The lowest BCUT2D eigenvalue weighted by molar-refractivity contribution is -0.137. The van der Waals surface area contributed by atoms with Gasteiger partial charge in [0.05, 0.1) is 25.0 Å². The van der Waals surface area contributed by atoms with Gasteiger partial charge in [0.15, 0.2) is 5.82 Å². The third-order valence-electron chi connectivity index (χ3n) is 3.84. The summed E-state index contributed by atoms with van der Waals surface area (Å²) in [6.45, 7) is 4.69. The predicted octanol–water partition coefficient (Wildman–Crippen LogP) is 2.38. The molecular weight excluding hydrogens is 349 g/mol. The van der Waals surface area contributed by atoms with Gasteiger partial charge in [-0.1, -0.05) is 6.07 Å². The summed E-state index contributed by atoms with van der Waals surface area (Å²) in [5.74, 6) is 0.628. The zero-order chi connectivity index (χ0) is 18.4. The van der Waals surface area contributed by atoms with Crippen LogP contribution in [0.15, 0.2) is 30.5 Å². The first-order chi connectivity index (χ1) is 12.5. The summed E-state index contributed by atoms with van der Waals surface area (Å²) >= 11 is 0. The Kier molecular flexibility index (Phi) is 5.84. The molecule has 2 heterocycles. The molecule has 1 saturated heterocycles. The molecule has 0 saturated carbocycles. The van der Waals surface area contributed by atoms with Gasteiger partial charge in [-0.25, -0.2) is 0 Å². The van der Waals surface area contributed by atoms with Crippen molar-refractivity contribution < 1.29 is 17.9 Å². The van der Waals surface area contributed by atoms with Crippen LogP contribution in [0.4, 0.5) is 30.6 Å². The molecule has 2 N–H and O–H groups in total. The molecule has 1 aliphatic rings. The number of benzene rings is 1. The maximum atomic E-state index is 12.8. The van der Waals surface area contributed by atoms with Gasteiger partial charge in [-0.3, -0.25) is 4.90 Å². The number of anilines is 3. The van der Waals surface area contributed by atoms with Crippen LogP contribution in [0.5, 0.6) is 0 Å². The van der Waals surface area contributed by atoms with E-state index >= 15 is 0 Å². The molecular formula is C16H19F3N6O. The highest BCUT2D eigenvalue weighted by Gasteiger charge is 2.30. The Morgan fingerprint density at radius 1 is 1.19 bits per heavy atom. The second kappa shape index (κ2) is 8.28. The average molecular weight is 368 g/mol. The third kappa shape index (κ3) is 5.27. The van der Waals surface area contributed by atoms with Gasteiger partial charge in [0.25, 0.3) is 0 Å². The van der Waals surface area contributed by atoms with Crippen molar-refractivity contribution in [2.75, 3.05) is 50.0 Å². The number of hydrogen-bond acceptors (Lipinski definition) is 7. The van der Waals surface area contributed by atoms with Crippen molar-refractivity contribution in [2.24, 2.45) is 0 Å². The molecule has 1 aliphatic heterocycles. The molecule has 0 aliphatic carbocycles. The first-order valence-electron chi connectivity index (χ1n) is 8.19. The van der Waals surface area contributed by atoms with Crippen molar-refractivity contribution >= 4 is 17.5 Å². The second-order valence-corrected chi connectivity index (χ2v) is 5.75. The van der Waals surface area contributed by atoms with Crippen LogP contribution < -0.4 is 10.6 Å². The lowest BCUT2D eigenvalue weighted by atomic mass is 10.2. The normalized spacial score (nSPS) is 15.7. The lowest BCUT2D eigenvalue weighted by Crippen LogP contribution is -2.39. The van der Waals surface area contributed by atoms with Gasteiger partial charge in [-0.05, 0) is 18.2 Å². The highest BCUT2D eigenvalue weighted by Crippen LogP contribution is 2.31. The van der Waals surface area contributed by atoms with Gasteiger partial charge in [0.2, 0.25) is 5.95 Å². The molecule has 0 radical (unpaired) electrons. The van der Waals surface area contributed by atoms with Gasteiger partial charge in [-0.15, -0.1) is 5.10 Å². The van der Waals surface area contributed by atoms with Gasteiger partial charge < -0.3 is 15.4 Å². The molecule has 7 nitrogen and oxygen atoms in total. The van der Waals surface area contributed by atoms with Crippen molar-refractivity contribution in [3.05, 3.63) is 36.0 Å². The Balaban J connectivity index is 1.57. The average Bonchev–Trinajstić information content (AvgIpc) is 2.63. The highest BCUT2D eigenvalue weighted by molar-refractivity contribution is 5.57. The first-order valence-corrected chi connectivity index (χ1v) is 8.19. The van der Waals surface area contributed by atoms with Crippen molar-refractivity contribution in [3.8, 4) is 0 Å². The summed E-state index contributed by atoms with van der Waals surface area (Å²) in [5.41, 5.74) is -0.451. The Hall–Kier alpha value is -2.46. The third-order valence-corrected chi connectivity index (χ3v) is 3.84. The molecule has 0 amide bonds. The minimum absolute atomic E-state index is 0.277. The van der Waals surface area contributed by atoms with E-state index in [9.17, 15) is 13.2 Å². The van der Waals surface area contributed by atoms with Crippen molar-refractivity contribution in [3.63, 3.8) is 0 Å². The van der Waals surface area contributed by atoms with Crippen LogP contribution in [0, 0.1) is 0 Å². The molecule has 0 bridgehead atoms. The number of alkyl halides is 3. The minimum Gasteiger partial charge on any atom is -0.379 e. The SMILES string of the molecule is FC(F)(F)c1cccc(Nc2cnnc(NCCN3CCOCC3)n2)c1. The molecule has 3 rings (SSSR count). The largest absolute Gasteiger partial charge is 0.416 e. The highest BCUT2D eigenvalue weighted by atomic mass is 19.4. The van der Waals surface area contributed by atoms with E-state index in [1.807, 2.05) is 0 Å². The zero-order valence-corrected chi connectivity index (χ0v) is 14.0. The number of rotatable bonds is 6. The molecule has 1 aromatic carbocycles. The first kappa shape index (κ1) is 18.3. The van der Waals surface area contributed by atoms with E-state index in [0.717, 1.165) is 45.0 Å². The van der Waals surface area contributed by atoms with Crippen molar-refractivity contribution in [1.29, 1.82) is 0 Å². The quantitative estimate of drug-likeness (QED) is 0.811. The predicted molar refractivity (Wildman–Crippen MR) is 90.3 cm³/mol. The molecule has 10 heteroatoms. The molecule has 2 aromatic rings. The number of ether oxygens (including phenoxy) is 1. The van der Waals surface area contributed by atoms with Crippen molar-refractivity contribution in [1.82, 2.24) is 20.1 Å². The lowest BCUT2D eigenvalue weighted by Gasteiger charge is -2.26. The molecule has 140 valence electrons. The fourth-order valence-electron chi connectivity index (χ4n) is 2.51. The Bertz CT molecular complexity index is 721. The van der Waals surface area contributed by atoms with Gasteiger partial charge in [-0.2, -0.15) is 23.3 Å². The zero-order valence-electron chi connectivity index (χ0n) is 14.0. The summed E-state index contributed by atoms with van der Waals surface area (Å²) in [7, 11) is 0. The second-order valence-electron chi connectivity index (χ2n) is 5.75. The molecule has 1 fully saturated rings. The van der Waals surface area contributed by atoms with E-state index < -0.39 is 11.7 Å². The van der Waals surface area contributed by atoms with Crippen LogP contribution in [0.25, 0.3) is 0 Å². The monoisotopic (exact) mass is 368 g/mol. The number of aromatic nitrogens is 3. The van der Waals surface area contributed by atoms with Gasteiger partial charge in [0, 0.05) is 31.9 Å². The fraction of sp³-hybridized carbons (Fsp3) is 0.438. The van der Waals surface area contributed by atoms with E-state index in [2.05, 4.69) is 30.7 Å². The van der Waals surface area contributed by atoms with Crippen LogP contribution in [0.2, 0.25) is 0 Å². The molecule has 0 atom stereocenters. The Morgan fingerprint density at radius 3 is 2.77 bits per heavy atom. The van der Waals surface area contributed by atoms with Crippen LogP contribution >= 0.6 is 0 Å². The van der Waals surface area contributed by atoms with E-state index in [4.69, 9.17) is 4.74 Å². The molecule has 1 aromatic heterocycles. The minimum atomic E-state index is -4.40. The Morgan fingerprint density at radius 2 is 2.00 bits per heavy atom. The van der Waals surface area contributed by atoms with E-state index in [1.165, 1.54) is 18.3 Å². The summed E-state index contributed by atoms with van der Waals surface area (Å²) in [5, 5.41) is 13.6. The number of halogens is 3. The maximum Gasteiger partial charge on any atom is 0.416 e. The fourth-order valence-corrected chi connectivity index (χ4v) is 2.51. The van der Waals surface area contributed by atoms with Crippen LogP contribution in [0.1, 0.15) is 5.56 Å². The van der Waals surface area contributed by atoms with Gasteiger partial charge >= 0.3 is 6.18 Å². The summed E-state index contributed by atoms with van der Waals surface area (Å²) in [6.07, 6.45) is -3.04. The van der Waals surface area contributed by atoms with E-state index in [1.54, 1.807) is 0 Å². The Labute approximate surface area is 148 Å². The van der Waals surface area contributed by atoms with Crippen LogP contribution in [-0.2, 0) is 10.9 Å². The summed E-state index contributed by atoms with van der Waals surface area (Å²) in [6, 6.07) is 4.90. The summed E-state index contributed by atoms with van der Waals surface area (Å²) < 4.78 is 43.6. The standard InChI is InChI=1S/C16H19F3N6O/c17-16(18,19)12-2-1-3-13(10-12)22-14-11-21-24-15(23-14)20-4-5-25-6-8-26-9-7-25/h1-3,10-11H,4-9H2,(H2,20,22,23,24). The van der Waals surface area contributed by atoms with Crippen molar-refractivity contribution in [2.45, 2.75) is 6.18 Å². The number of morpholine rings is 1. The van der Waals surface area contributed by atoms with Crippen LogP contribution in [0.3, 0.4) is 0 Å².